The molecular formula is C13H18O2. The highest BCUT2D eigenvalue weighted by atomic mass is 16.5. The van der Waals surface area contributed by atoms with E-state index in [1.165, 1.54) is 0 Å². The third kappa shape index (κ3) is 3.86. The summed E-state index contributed by atoms with van der Waals surface area (Å²) in [7, 11) is 1.66. The van der Waals surface area contributed by atoms with Gasteiger partial charge in [0.25, 0.3) is 0 Å². The first-order valence-corrected chi connectivity index (χ1v) is 5.14. The Kier molecular flexibility index (Phi) is 5.08. The van der Waals surface area contributed by atoms with Gasteiger partial charge in [-0.05, 0) is 12.0 Å². The molecule has 0 saturated carbocycles. The first-order valence-electron chi connectivity index (χ1n) is 5.14. The molecule has 0 aliphatic heterocycles. The number of ether oxygens (including phenoxy) is 1. The van der Waals surface area contributed by atoms with Gasteiger partial charge in [0.05, 0.1) is 12.2 Å². The van der Waals surface area contributed by atoms with Crippen molar-refractivity contribution >= 4 is 0 Å². The van der Waals surface area contributed by atoms with Gasteiger partial charge in [0.15, 0.2) is 0 Å². The summed E-state index contributed by atoms with van der Waals surface area (Å²) in [5.41, 5.74) is 1.10. The molecule has 0 fully saturated rings. The maximum absolute atomic E-state index is 9.66. The van der Waals surface area contributed by atoms with Gasteiger partial charge in [0.1, 0.15) is 0 Å². The lowest BCUT2D eigenvalue weighted by atomic mass is 10.0. The normalized spacial score (nSPS) is 14.5. The number of benzene rings is 1. The zero-order chi connectivity index (χ0) is 11.1. The van der Waals surface area contributed by atoms with E-state index < -0.39 is 0 Å². The van der Waals surface area contributed by atoms with E-state index in [2.05, 4.69) is 6.58 Å². The number of rotatable bonds is 6. The first-order chi connectivity index (χ1) is 7.27. The molecule has 0 amide bonds. The molecule has 0 radical (unpaired) electrons. The minimum atomic E-state index is -0.382. The second-order valence-corrected chi connectivity index (χ2v) is 3.55. The molecule has 0 aromatic heterocycles. The Bertz CT molecular complexity index is 282. The van der Waals surface area contributed by atoms with Crippen molar-refractivity contribution in [3.8, 4) is 0 Å². The molecule has 1 aromatic rings. The van der Waals surface area contributed by atoms with Crippen molar-refractivity contribution in [1.29, 1.82) is 0 Å². The first kappa shape index (κ1) is 12.0. The lowest BCUT2D eigenvalue weighted by molar-refractivity contribution is 0.0457. The van der Waals surface area contributed by atoms with Crippen molar-refractivity contribution in [2.75, 3.05) is 7.11 Å². The molecular weight excluding hydrogens is 188 g/mol. The van der Waals surface area contributed by atoms with Crippen molar-refractivity contribution < 1.29 is 9.84 Å². The lowest BCUT2D eigenvalue weighted by Crippen LogP contribution is -2.13. The van der Waals surface area contributed by atoms with E-state index in [1.807, 2.05) is 30.3 Å². The van der Waals surface area contributed by atoms with Crippen LogP contribution in [0.2, 0.25) is 0 Å². The Hall–Kier alpha value is -1.12. The zero-order valence-corrected chi connectivity index (χ0v) is 9.10. The summed E-state index contributed by atoms with van der Waals surface area (Å²) in [6.07, 6.45) is 2.51. The molecule has 1 aromatic carbocycles. The minimum Gasteiger partial charge on any atom is -0.393 e. The predicted octanol–water partition coefficient (Wildman–Crippen LogP) is 2.70. The molecule has 2 atom stereocenters. The summed E-state index contributed by atoms with van der Waals surface area (Å²) in [5, 5.41) is 9.66. The topological polar surface area (TPSA) is 29.5 Å². The maximum atomic E-state index is 9.66. The van der Waals surface area contributed by atoms with E-state index in [-0.39, 0.29) is 12.2 Å². The molecule has 0 spiro atoms. The summed E-state index contributed by atoms with van der Waals surface area (Å²) in [6, 6.07) is 9.93. The van der Waals surface area contributed by atoms with Crippen LogP contribution in [0.4, 0.5) is 0 Å². The largest absolute Gasteiger partial charge is 0.393 e. The molecule has 2 heteroatoms. The lowest BCUT2D eigenvalue weighted by Gasteiger charge is -2.18. The molecule has 0 unspecified atom stereocenters. The van der Waals surface area contributed by atoms with Gasteiger partial charge >= 0.3 is 0 Å². The number of hydrogen-bond acceptors (Lipinski definition) is 2. The number of aliphatic hydroxyl groups is 1. The fraction of sp³-hybridized carbons (Fsp3) is 0.385. The van der Waals surface area contributed by atoms with Crippen LogP contribution >= 0.6 is 0 Å². The molecule has 0 aliphatic rings. The van der Waals surface area contributed by atoms with E-state index in [0.29, 0.717) is 12.8 Å². The zero-order valence-electron chi connectivity index (χ0n) is 9.10. The van der Waals surface area contributed by atoms with Crippen molar-refractivity contribution in [2.24, 2.45) is 0 Å². The van der Waals surface area contributed by atoms with Gasteiger partial charge < -0.3 is 9.84 Å². The third-order valence-electron chi connectivity index (χ3n) is 2.38. The van der Waals surface area contributed by atoms with Crippen LogP contribution in [0, 0.1) is 0 Å². The van der Waals surface area contributed by atoms with Crippen molar-refractivity contribution in [3.63, 3.8) is 0 Å². The molecule has 2 nitrogen and oxygen atoms in total. The van der Waals surface area contributed by atoms with Crippen LogP contribution in [0.5, 0.6) is 0 Å². The quantitative estimate of drug-likeness (QED) is 0.725. The van der Waals surface area contributed by atoms with Crippen molar-refractivity contribution in [3.05, 3.63) is 48.6 Å². The van der Waals surface area contributed by atoms with Gasteiger partial charge in [-0.25, -0.2) is 0 Å². The molecule has 82 valence electrons. The fourth-order valence-electron chi connectivity index (χ4n) is 1.57. The Morgan fingerprint density at radius 1 is 1.40 bits per heavy atom. The standard InChI is InChI=1S/C13H18O2/c1-3-7-12(14)10-13(15-2)11-8-5-4-6-9-11/h3-6,8-9,12-14H,1,7,10H2,2H3/t12-,13+/m1/s1. The Labute approximate surface area is 91.2 Å². The number of aliphatic hydroxyl groups excluding tert-OH is 1. The second kappa shape index (κ2) is 6.38. The minimum absolute atomic E-state index is 0.0406. The monoisotopic (exact) mass is 206 g/mol. The molecule has 0 aliphatic carbocycles. The van der Waals surface area contributed by atoms with Crippen LogP contribution in [0.15, 0.2) is 43.0 Å². The highest BCUT2D eigenvalue weighted by Crippen LogP contribution is 2.22. The van der Waals surface area contributed by atoms with E-state index >= 15 is 0 Å². The molecule has 1 rings (SSSR count). The second-order valence-electron chi connectivity index (χ2n) is 3.55. The number of hydrogen-bond donors (Lipinski definition) is 1. The van der Waals surface area contributed by atoms with Gasteiger partial charge in [-0.15, -0.1) is 6.58 Å². The molecule has 15 heavy (non-hydrogen) atoms. The van der Waals surface area contributed by atoms with Crippen LogP contribution < -0.4 is 0 Å². The molecule has 0 saturated heterocycles. The average Bonchev–Trinajstić information content (AvgIpc) is 2.27. The van der Waals surface area contributed by atoms with Crippen molar-refractivity contribution in [1.82, 2.24) is 0 Å². The average molecular weight is 206 g/mol. The Balaban J connectivity index is 2.60. The van der Waals surface area contributed by atoms with Crippen molar-refractivity contribution in [2.45, 2.75) is 25.0 Å². The van der Waals surface area contributed by atoms with Crippen LogP contribution in [0.3, 0.4) is 0 Å². The van der Waals surface area contributed by atoms with Gasteiger partial charge in [-0.1, -0.05) is 36.4 Å². The summed E-state index contributed by atoms with van der Waals surface area (Å²) >= 11 is 0. The van der Waals surface area contributed by atoms with Gasteiger partial charge in [0.2, 0.25) is 0 Å². The summed E-state index contributed by atoms with van der Waals surface area (Å²) in [6.45, 7) is 3.61. The van der Waals surface area contributed by atoms with Crippen LogP contribution in [0.1, 0.15) is 24.5 Å². The predicted molar refractivity (Wildman–Crippen MR) is 61.6 cm³/mol. The van der Waals surface area contributed by atoms with Gasteiger partial charge in [-0.2, -0.15) is 0 Å². The van der Waals surface area contributed by atoms with Crippen LogP contribution in [-0.4, -0.2) is 18.3 Å². The highest BCUT2D eigenvalue weighted by Gasteiger charge is 2.14. The van der Waals surface area contributed by atoms with Crippen LogP contribution in [-0.2, 0) is 4.74 Å². The third-order valence-corrected chi connectivity index (χ3v) is 2.38. The van der Waals surface area contributed by atoms with Gasteiger partial charge in [-0.3, -0.25) is 0 Å². The Morgan fingerprint density at radius 3 is 2.60 bits per heavy atom. The Morgan fingerprint density at radius 2 is 2.07 bits per heavy atom. The fourth-order valence-corrected chi connectivity index (χ4v) is 1.57. The molecule has 1 N–H and O–H groups in total. The summed E-state index contributed by atoms with van der Waals surface area (Å²) in [5.74, 6) is 0. The SMILES string of the molecule is C=CC[C@@H](O)C[C@H](OC)c1ccccc1. The smallest absolute Gasteiger partial charge is 0.0845 e. The van der Waals surface area contributed by atoms with Crippen LogP contribution in [0.25, 0.3) is 0 Å². The summed E-state index contributed by atoms with van der Waals surface area (Å²) < 4.78 is 5.36. The highest BCUT2D eigenvalue weighted by molar-refractivity contribution is 5.17. The molecule has 0 bridgehead atoms. The van der Waals surface area contributed by atoms with E-state index in [4.69, 9.17) is 4.74 Å². The van der Waals surface area contributed by atoms with Gasteiger partial charge in [0, 0.05) is 13.5 Å². The summed E-state index contributed by atoms with van der Waals surface area (Å²) in [4.78, 5) is 0. The number of methoxy groups -OCH3 is 1. The maximum Gasteiger partial charge on any atom is 0.0845 e. The van der Waals surface area contributed by atoms with E-state index in [0.717, 1.165) is 5.56 Å². The van der Waals surface area contributed by atoms with E-state index in [1.54, 1.807) is 13.2 Å². The van der Waals surface area contributed by atoms with E-state index in [9.17, 15) is 5.11 Å². The molecule has 0 heterocycles.